The maximum Gasteiger partial charge on any atom is 0.0680 e. The summed E-state index contributed by atoms with van der Waals surface area (Å²) in [5, 5.41) is 2.06. The summed E-state index contributed by atoms with van der Waals surface area (Å²) in [5.74, 6) is 0. The van der Waals surface area contributed by atoms with Crippen molar-refractivity contribution < 1.29 is 0 Å². The highest BCUT2D eigenvalue weighted by Crippen LogP contribution is 2.28. The van der Waals surface area contributed by atoms with Gasteiger partial charge in [0.2, 0.25) is 0 Å². The first-order chi connectivity index (χ1) is 5.29. The molecule has 2 nitrogen and oxygen atoms in total. The van der Waals surface area contributed by atoms with Gasteiger partial charge in [-0.15, -0.1) is 0 Å². The van der Waals surface area contributed by atoms with E-state index in [-0.39, 0.29) is 0 Å². The quantitative estimate of drug-likeness (QED) is 0.669. The van der Waals surface area contributed by atoms with Crippen LogP contribution in [-0.4, -0.2) is 11.1 Å². The van der Waals surface area contributed by atoms with Gasteiger partial charge in [0, 0.05) is 9.78 Å². The van der Waals surface area contributed by atoms with Crippen molar-refractivity contribution in [3.63, 3.8) is 0 Å². The lowest BCUT2D eigenvalue weighted by Crippen LogP contribution is -2.31. The van der Waals surface area contributed by atoms with Crippen LogP contribution in [0.4, 0.5) is 0 Å². The van der Waals surface area contributed by atoms with Crippen molar-refractivity contribution in [2.45, 2.75) is 13.0 Å². The van der Waals surface area contributed by atoms with E-state index >= 15 is 0 Å². The Labute approximate surface area is 79.8 Å². The fourth-order valence-corrected chi connectivity index (χ4v) is 1.82. The average molecular weight is 260 g/mol. The number of hydrogen-bond acceptors (Lipinski definition) is 2. The summed E-state index contributed by atoms with van der Waals surface area (Å²) in [6.45, 7) is 2.16. The van der Waals surface area contributed by atoms with E-state index in [2.05, 4.69) is 52.1 Å². The molecular weight excluding hydrogens is 251 g/mol. The van der Waals surface area contributed by atoms with E-state index in [1.807, 2.05) is 12.3 Å². The second-order valence-corrected chi connectivity index (χ2v) is 3.82. The molecule has 58 valence electrons. The van der Waals surface area contributed by atoms with Gasteiger partial charge in [0.05, 0.1) is 11.7 Å². The van der Waals surface area contributed by atoms with Gasteiger partial charge in [-0.2, -0.15) is 0 Å². The third-order valence-electron chi connectivity index (χ3n) is 1.82. The molecule has 0 aromatic carbocycles. The largest absolute Gasteiger partial charge is 0.283 e. The minimum absolute atomic E-state index is 0.456. The lowest BCUT2D eigenvalue weighted by Gasteiger charge is -2.17. The Kier molecular flexibility index (Phi) is 1.77. The second kappa shape index (κ2) is 2.64. The summed E-state index contributed by atoms with van der Waals surface area (Å²) in [6, 6.07) is 0.456. The number of fused-ring (bicyclic) bond motifs is 1. The molecule has 2 aliphatic heterocycles. The van der Waals surface area contributed by atoms with Gasteiger partial charge in [-0.3, -0.25) is 5.01 Å². The molecule has 11 heavy (non-hydrogen) atoms. The number of allylic oxidation sites excluding steroid dienone is 3. The zero-order valence-electron chi connectivity index (χ0n) is 6.21. The number of rotatable bonds is 0. The predicted octanol–water partition coefficient (Wildman–Crippen LogP) is 1.93. The fraction of sp³-hybridized carbons (Fsp3) is 0.250. The molecule has 0 saturated carbocycles. The molecule has 0 aromatic rings. The summed E-state index contributed by atoms with van der Waals surface area (Å²) in [4.78, 5) is 0. The Bertz CT molecular complexity index is 265. The molecule has 0 spiro atoms. The van der Waals surface area contributed by atoms with Crippen molar-refractivity contribution in [2.75, 3.05) is 0 Å². The molecule has 2 aliphatic rings. The van der Waals surface area contributed by atoms with Crippen LogP contribution in [-0.2, 0) is 0 Å². The van der Waals surface area contributed by atoms with E-state index in [1.54, 1.807) is 0 Å². The van der Waals surface area contributed by atoms with E-state index in [1.165, 1.54) is 9.28 Å². The molecule has 0 aliphatic carbocycles. The van der Waals surface area contributed by atoms with Crippen molar-refractivity contribution in [1.82, 2.24) is 10.4 Å². The lowest BCUT2D eigenvalue weighted by atomic mass is 10.2. The van der Waals surface area contributed by atoms with E-state index in [0.717, 1.165) is 0 Å². The van der Waals surface area contributed by atoms with Crippen LogP contribution in [0.2, 0.25) is 0 Å². The zero-order valence-corrected chi connectivity index (χ0v) is 8.37. The summed E-state index contributed by atoms with van der Waals surface area (Å²) >= 11 is 2.38. The van der Waals surface area contributed by atoms with Crippen LogP contribution in [0.1, 0.15) is 6.92 Å². The van der Waals surface area contributed by atoms with Crippen LogP contribution in [0.25, 0.3) is 0 Å². The molecule has 0 unspecified atom stereocenters. The number of hydrogen-bond donors (Lipinski definition) is 1. The zero-order chi connectivity index (χ0) is 7.84. The second-order valence-electron chi connectivity index (χ2n) is 2.65. The van der Waals surface area contributed by atoms with Gasteiger partial charge in [-0.05, 0) is 41.7 Å². The Morgan fingerprint density at radius 1 is 1.55 bits per heavy atom. The first kappa shape index (κ1) is 7.36. The van der Waals surface area contributed by atoms with Crippen molar-refractivity contribution in [3.05, 3.63) is 33.7 Å². The number of hydrazine groups is 1. The van der Waals surface area contributed by atoms with Crippen LogP contribution < -0.4 is 5.43 Å². The highest BCUT2D eigenvalue weighted by Gasteiger charge is 2.23. The molecule has 2 heterocycles. The van der Waals surface area contributed by atoms with E-state index < -0.39 is 0 Å². The van der Waals surface area contributed by atoms with Gasteiger partial charge in [0.1, 0.15) is 0 Å². The topological polar surface area (TPSA) is 15.3 Å². The van der Waals surface area contributed by atoms with Crippen LogP contribution in [0, 0.1) is 0 Å². The summed E-state index contributed by atoms with van der Waals surface area (Å²) in [5.41, 5.74) is 4.60. The molecule has 0 fully saturated rings. The van der Waals surface area contributed by atoms with Gasteiger partial charge < -0.3 is 0 Å². The van der Waals surface area contributed by atoms with E-state index in [9.17, 15) is 0 Å². The molecule has 0 radical (unpaired) electrons. The van der Waals surface area contributed by atoms with Crippen molar-refractivity contribution in [1.29, 1.82) is 0 Å². The summed E-state index contributed by atoms with van der Waals surface area (Å²) < 4.78 is 1.38. The van der Waals surface area contributed by atoms with Crippen LogP contribution in [0.5, 0.6) is 0 Å². The third-order valence-corrected chi connectivity index (χ3v) is 3.30. The molecule has 0 aromatic heterocycles. The Morgan fingerprint density at radius 3 is 3.09 bits per heavy atom. The van der Waals surface area contributed by atoms with Crippen LogP contribution in [0.15, 0.2) is 33.7 Å². The third kappa shape index (κ3) is 1.12. The predicted molar refractivity (Wildman–Crippen MR) is 53.8 cm³/mol. The SMILES string of the molecule is C[C@@H]1NN2C=CC=CC2=C1I. The van der Waals surface area contributed by atoms with Crippen LogP contribution in [0.3, 0.4) is 0 Å². The standard InChI is InChI=1S/C8H9IN2/c1-6-8(9)7-4-2-3-5-11(7)10-6/h2-6,10H,1H3/t6-/m0/s1. The normalized spacial score (nSPS) is 28.2. The minimum Gasteiger partial charge on any atom is -0.283 e. The molecule has 1 atom stereocenters. The lowest BCUT2D eigenvalue weighted by molar-refractivity contribution is 0.359. The number of halogens is 1. The molecule has 1 N–H and O–H groups in total. The smallest absolute Gasteiger partial charge is 0.0680 e. The van der Waals surface area contributed by atoms with Gasteiger partial charge in [0.25, 0.3) is 0 Å². The minimum atomic E-state index is 0.456. The average Bonchev–Trinajstić information content (AvgIpc) is 2.30. The summed E-state index contributed by atoms with van der Waals surface area (Å²) in [7, 11) is 0. The highest BCUT2D eigenvalue weighted by molar-refractivity contribution is 14.1. The van der Waals surface area contributed by atoms with Crippen molar-refractivity contribution in [2.24, 2.45) is 0 Å². The molecule has 0 amide bonds. The maximum absolute atomic E-state index is 3.32. The first-order valence-corrected chi connectivity index (χ1v) is 4.67. The molecular formula is C8H9IN2. The molecule has 2 rings (SSSR count). The molecule has 0 bridgehead atoms. The fourth-order valence-electron chi connectivity index (χ4n) is 1.24. The van der Waals surface area contributed by atoms with Gasteiger partial charge in [-0.1, -0.05) is 6.08 Å². The van der Waals surface area contributed by atoms with Gasteiger partial charge in [-0.25, -0.2) is 5.43 Å². The Balaban J connectivity index is 2.39. The number of nitrogens with one attached hydrogen (secondary N) is 1. The molecule has 0 saturated heterocycles. The van der Waals surface area contributed by atoms with E-state index in [4.69, 9.17) is 0 Å². The Morgan fingerprint density at radius 2 is 2.36 bits per heavy atom. The van der Waals surface area contributed by atoms with Crippen LogP contribution >= 0.6 is 22.6 Å². The highest BCUT2D eigenvalue weighted by atomic mass is 127. The van der Waals surface area contributed by atoms with Crippen molar-refractivity contribution in [3.8, 4) is 0 Å². The monoisotopic (exact) mass is 260 g/mol. The maximum atomic E-state index is 3.32. The number of nitrogens with zero attached hydrogens (tertiary/aromatic N) is 1. The molecule has 3 heteroatoms. The summed E-state index contributed by atoms with van der Waals surface area (Å²) in [6.07, 6.45) is 8.25. The Hall–Kier alpha value is -0.290. The van der Waals surface area contributed by atoms with Crippen molar-refractivity contribution >= 4 is 22.6 Å². The van der Waals surface area contributed by atoms with Gasteiger partial charge >= 0.3 is 0 Å². The first-order valence-electron chi connectivity index (χ1n) is 3.59. The van der Waals surface area contributed by atoms with Gasteiger partial charge in [0.15, 0.2) is 0 Å². The van der Waals surface area contributed by atoms with E-state index in [0.29, 0.717) is 6.04 Å².